The predicted octanol–water partition coefficient (Wildman–Crippen LogP) is 3.19. The summed E-state index contributed by atoms with van der Waals surface area (Å²) in [6.07, 6.45) is 3.18. The summed E-state index contributed by atoms with van der Waals surface area (Å²) >= 11 is 0. The van der Waals surface area contributed by atoms with Crippen LogP contribution in [0.4, 0.5) is 0 Å². The molecule has 1 aliphatic rings. The number of ether oxygens (including phenoxy) is 1. The first-order chi connectivity index (χ1) is 9.06. The van der Waals surface area contributed by atoms with Crippen molar-refractivity contribution in [3.05, 3.63) is 29.3 Å². The molecule has 0 heterocycles. The molecular weight excluding hydrogens is 238 g/mol. The van der Waals surface area contributed by atoms with Gasteiger partial charge in [-0.05, 0) is 36.5 Å². The van der Waals surface area contributed by atoms with Gasteiger partial charge in [0.1, 0.15) is 5.75 Å². The lowest BCUT2D eigenvalue weighted by molar-refractivity contribution is -0.135. The Bertz CT molecular complexity index is 468. The number of carbonyl (C=O) groups is 1. The minimum Gasteiger partial charge on any atom is -0.496 e. The number of rotatable bonds is 3. The zero-order valence-electron chi connectivity index (χ0n) is 12.3. The van der Waals surface area contributed by atoms with E-state index in [-0.39, 0.29) is 17.9 Å². The Morgan fingerprint density at radius 2 is 2.16 bits per heavy atom. The summed E-state index contributed by atoms with van der Waals surface area (Å²) in [5.41, 5.74) is 2.52. The average Bonchev–Trinajstić information content (AvgIpc) is 2.44. The van der Waals surface area contributed by atoms with E-state index in [1.165, 1.54) is 11.1 Å². The summed E-state index contributed by atoms with van der Waals surface area (Å²) in [7, 11) is 3.63. The van der Waals surface area contributed by atoms with Gasteiger partial charge in [0, 0.05) is 13.0 Å². The SMILES string of the molecule is COc1cccc2c1CCCC2N(C)C(=O)C(C)C. The second-order valence-electron chi connectivity index (χ2n) is 5.54. The van der Waals surface area contributed by atoms with Crippen molar-refractivity contribution in [3.8, 4) is 5.75 Å². The van der Waals surface area contributed by atoms with Crippen molar-refractivity contribution in [3.63, 3.8) is 0 Å². The van der Waals surface area contributed by atoms with Crippen LogP contribution >= 0.6 is 0 Å². The van der Waals surface area contributed by atoms with Gasteiger partial charge in [-0.15, -0.1) is 0 Å². The van der Waals surface area contributed by atoms with Crippen molar-refractivity contribution < 1.29 is 9.53 Å². The molecule has 0 aromatic heterocycles. The third-order valence-corrected chi connectivity index (χ3v) is 3.96. The Morgan fingerprint density at radius 3 is 2.79 bits per heavy atom. The van der Waals surface area contributed by atoms with Gasteiger partial charge in [0.25, 0.3) is 0 Å². The van der Waals surface area contributed by atoms with Crippen LogP contribution in [0.5, 0.6) is 5.75 Å². The van der Waals surface area contributed by atoms with E-state index in [9.17, 15) is 4.79 Å². The van der Waals surface area contributed by atoms with Crippen LogP contribution < -0.4 is 4.74 Å². The molecule has 1 amide bonds. The van der Waals surface area contributed by atoms with Crippen LogP contribution in [0.15, 0.2) is 18.2 Å². The summed E-state index contributed by atoms with van der Waals surface area (Å²) in [6.45, 7) is 3.91. The highest BCUT2D eigenvalue weighted by Gasteiger charge is 2.29. The summed E-state index contributed by atoms with van der Waals surface area (Å²) < 4.78 is 5.45. The molecule has 0 spiro atoms. The van der Waals surface area contributed by atoms with Crippen LogP contribution in [0.25, 0.3) is 0 Å². The van der Waals surface area contributed by atoms with E-state index in [2.05, 4.69) is 6.07 Å². The summed E-state index contributed by atoms with van der Waals surface area (Å²) in [4.78, 5) is 14.1. The highest BCUT2D eigenvalue weighted by molar-refractivity contribution is 5.78. The average molecular weight is 261 g/mol. The fraction of sp³-hybridized carbons (Fsp3) is 0.562. The Kier molecular flexibility index (Phi) is 4.13. The number of fused-ring (bicyclic) bond motifs is 1. The van der Waals surface area contributed by atoms with E-state index in [1.807, 2.05) is 37.9 Å². The maximum atomic E-state index is 12.2. The van der Waals surface area contributed by atoms with Crippen molar-refractivity contribution in [2.75, 3.05) is 14.2 Å². The molecule has 0 bridgehead atoms. The molecule has 0 aliphatic heterocycles. The van der Waals surface area contributed by atoms with E-state index >= 15 is 0 Å². The number of carbonyl (C=O) groups excluding carboxylic acids is 1. The molecule has 0 saturated heterocycles. The first-order valence-corrected chi connectivity index (χ1v) is 6.98. The molecule has 0 saturated carbocycles. The maximum Gasteiger partial charge on any atom is 0.225 e. The van der Waals surface area contributed by atoms with Crippen molar-refractivity contribution >= 4 is 5.91 Å². The fourth-order valence-corrected chi connectivity index (χ4v) is 2.94. The minimum atomic E-state index is 0.0426. The van der Waals surface area contributed by atoms with Gasteiger partial charge >= 0.3 is 0 Å². The molecule has 3 nitrogen and oxygen atoms in total. The lowest BCUT2D eigenvalue weighted by Gasteiger charge is -2.34. The summed E-state index contributed by atoms with van der Waals surface area (Å²) in [5, 5.41) is 0. The largest absolute Gasteiger partial charge is 0.496 e. The van der Waals surface area contributed by atoms with E-state index < -0.39 is 0 Å². The molecule has 0 radical (unpaired) electrons. The van der Waals surface area contributed by atoms with Crippen molar-refractivity contribution in [2.24, 2.45) is 5.92 Å². The van der Waals surface area contributed by atoms with Gasteiger partial charge in [0.05, 0.1) is 13.2 Å². The van der Waals surface area contributed by atoms with Gasteiger partial charge in [-0.25, -0.2) is 0 Å². The zero-order chi connectivity index (χ0) is 14.0. The quantitative estimate of drug-likeness (QED) is 0.836. The standard InChI is InChI=1S/C16H23NO2/c1-11(2)16(18)17(3)14-9-5-8-13-12(14)7-6-10-15(13)19-4/h6-7,10-11,14H,5,8-9H2,1-4H3. The first kappa shape index (κ1) is 13.9. The molecule has 1 aromatic rings. The Labute approximate surface area is 115 Å². The zero-order valence-corrected chi connectivity index (χ0v) is 12.3. The number of nitrogens with zero attached hydrogens (tertiary/aromatic N) is 1. The third kappa shape index (κ3) is 2.60. The normalized spacial score (nSPS) is 18.1. The van der Waals surface area contributed by atoms with Crippen LogP contribution in [0.3, 0.4) is 0 Å². The van der Waals surface area contributed by atoms with Crippen molar-refractivity contribution in [1.82, 2.24) is 4.90 Å². The minimum absolute atomic E-state index is 0.0426. The molecule has 1 aliphatic carbocycles. The van der Waals surface area contributed by atoms with Gasteiger partial charge in [0.15, 0.2) is 0 Å². The van der Waals surface area contributed by atoms with Gasteiger partial charge in [-0.1, -0.05) is 26.0 Å². The highest BCUT2D eigenvalue weighted by atomic mass is 16.5. The second kappa shape index (κ2) is 5.64. The third-order valence-electron chi connectivity index (χ3n) is 3.96. The number of benzene rings is 1. The molecule has 19 heavy (non-hydrogen) atoms. The van der Waals surface area contributed by atoms with E-state index in [0.717, 1.165) is 25.0 Å². The molecular formula is C16H23NO2. The predicted molar refractivity (Wildman–Crippen MR) is 76.3 cm³/mol. The van der Waals surface area contributed by atoms with Crippen LogP contribution in [-0.2, 0) is 11.2 Å². The van der Waals surface area contributed by atoms with Crippen LogP contribution in [-0.4, -0.2) is 25.0 Å². The molecule has 1 aromatic carbocycles. The number of hydrogen-bond acceptors (Lipinski definition) is 2. The first-order valence-electron chi connectivity index (χ1n) is 6.98. The Hall–Kier alpha value is -1.51. The number of amides is 1. The number of methoxy groups -OCH3 is 1. The fourth-order valence-electron chi connectivity index (χ4n) is 2.94. The lowest BCUT2D eigenvalue weighted by atomic mass is 9.86. The second-order valence-corrected chi connectivity index (χ2v) is 5.54. The molecule has 0 N–H and O–H groups in total. The molecule has 3 heteroatoms. The van der Waals surface area contributed by atoms with Crippen molar-refractivity contribution in [2.45, 2.75) is 39.2 Å². The molecule has 2 rings (SSSR count). The smallest absolute Gasteiger partial charge is 0.225 e. The van der Waals surface area contributed by atoms with Crippen LogP contribution in [0, 0.1) is 5.92 Å². The number of hydrogen-bond donors (Lipinski definition) is 0. The van der Waals surface area contributed by atoms with E-state index in [4.69, 9.17) is 4.74 Å². The van der Waals surface area contributed by atoms with Gasteiger partial charge in [-0.2, -0.15) is 0 Å². The van der Waals surface area contributed by atoms with Gasteiger partial charge in [0.2, 0.25) is 5.91 Å². The van der Waals surface area contributed by atoms with Crippen molar-refractivity contribution in [1.29, 1.82) is 0 Å². The van der Waals surface area contributed by atoms with Crippen LogP contribution in [0.1, 0.15) is 43.9 Å². The van der Waals surface area contributed by atoms with E-state index in [0.29, 0.717) is 0 Å². The highest BCUT2D eigenvalue weighted by Crippen LogP contribution is 2.38. The summed E-state index contributed by atoms with van der Waals surface area (Å²) in [6, 6.07) is 6.34. The van der Waals surface area contributed by atoms with Crippen LogP contribution in [0.2, 0.25) is 0 Å². The topological polar surface area (TPSA) is 29.5 Å². The van der Waals surface area contributed by atoms with Gasteiger partial charge < -0.3 is 9.64 Å². The van der Waals surface area contributed by atoms with E-state index in [1.54, 1.807) is 7.11 Å². The Balaban J connectivity index is 2.35. The summed E-state index contributed by atoms with van der Waals surface area (Å²) in [5.74, 6) is 1.20. The Morgan fingerprint density at radius 1 is 1.42 bits per heavy atom. The maximum absolute atomic E-state index is 12.2. The van der Waals surface area contributed by atoms with Gasteiger partial charge in [-0.3, -0.25) is 4.79 Å². The molecule has 0 fully saturated rings. The monoisotopic (exact) mass is 261 g/mol. The molecule has 1 atom stereocenters. The lowest BCUT2D eigenvalue weighted by Crippen LogP contribution is -2.36. The molecule has 1 unspecified atom stereocenters. The molecule has 104 valence electrons.